The average molecular weight is 306 g/mol. The van der Waals surface area contributed by atoms with Gasteiger partial charge in [0, 0.05) is 17.9 Å². The summed E-state index contributed by atoms with van der Waals surface area (Å²) in [6.07, 6.45) is 7.58. The summed E-state index contributed by atoms with van der Waals surface area (Å²) >= 11 is 2.04. The van der Waals surface area contributed by atoms with Crippen molar-refractivity contribution in [3.05, 3.63) is 77.1 Å². The Bertz CT molecular complexity index is 785. The number of aromatic amines is 1. The van der Waals surface area contributed by atoms with Gasteiger partial charge in [-0.25, -0.2) is 4.98 Å². The summed E-state index contributed by atoms with van der Waals surface area (Å²) in [4.78, 5) is 3.08. The summed E-state index contributed by atoms with van der Waals surface area (Å²) in [5, 5.41) is 3.02. The zero-order valence-corrected chi connectivity index (χ0v) is 13.5. The number of hydrogen-bond acceptors (Lipinski definition) is 1. The van der Waals surface area contributed by atoms with Crippen molar-refractivity contribution in [3.8, 4) is 0 Å². The topological polar surface area (TPSA) is 14.1 Å². The summed E-state index contributed by atoms with van der Waals surface area (Å²) in [5.41, 5.74) is 5.99. The normalized spacial score (nSPS) is 12.9. The van der Waals surface area contributed by atoms with Crippen molar-refractivity contribution in [2.75, 3.05) is 5.75 Å². The Morgan fingerprint density at radius 2 is 1.73 bits per heavy atom. The van der Waals surface area contributed by atoms with Crippen molar-refractivity contribution < 1.29 is 4.98 Å². The van der Waals surface area contributed by atoms with Gasteiger partial charge < -0.3 is 0 Å². The van der Waals surface area contributed by atoms with Crippen LogP contribution in [0.25, 0.3) is 10.8 Å². The molecule has 0 unspecified atom stereocenters. The van der Waals surface area contributed by atoms with Crippen molar-refractivity contribution in [2.45, 2.75) is 25.0 Å². The maximum absolute atomic E-state index is 3.08. The monoisotopic (exact) mass is 306 g/mol. The van der Waals surface area contributed by atoms with Gasteiger partial charge in [0.1, 0.15) is 0 Å². The molecule has 1 nitrogen and oxygen atoms in total. The van der Waals surface area contributed by atoms with Crippen LogP contribution in [0.2, 0.25) is 0 Å². The third kappa shape index (κ3) is 2.64. The Morgan fingerprint density at radius 1 is 0.909 bits per heavy atom. The predicted octanol–water partition coefficient (Wildman–Crippen LogP) is 4.23. The molecule has 0 atom stereocenters. The zero-order chi connectivity index (χ0) is 14.8. The highest BCUT2D eigenvalue weighted by Gasteiger charge is 2.15. The molecule has 1 aliphatic carbocycles. The molecule has 2 heteroatoms. The fourth-order valence-corrected chi connectivity index (χ4v) is 4.39. The summed E-state index contributed by atoms with van der Waals surface area (Å²) in [7, 11) is 0. The minimum atomic E-state index is 1.11. The van der Waals surface area contributed by atoms with Crippen LogP contribution >= 0.6 is 11.8 Å². The minimum Gasteiger partial charge on any atom is -0.218 e. The summed E-state index contributed by atoms with van der Waals surface area (Å²) in [5.74, 6) is 2.28. The highest BCUT2D eigenvalue weighted by Crippen LogP contribution is 2.34. The molecule has 110 valence electrons. The molecule has 0 fully saturated rings. The Hall–Kier alpha value is -1.80. The molecule has 0 aliphatic heterocycles. The van der Waals surface area contributed by atoms with Crippen LogP contribution in [0.5, 0.6) is 0 Å². The fourth-order valence-electron chi connectivity index (χ4n) is 3.39. The molecule has 22 heavy (non-hydrogen) atoms. The van der Waals surface area contributed by atoms with Gasteiger partial charge in [-0.1, -0.05) is 30.3 Å². The first kappa shape index (κ1) is 13.8. The number of H-pyrrole nitrogens is 1. The molecule has 0 spiro atoms. The van der Waals surface area contributed by atoms with Crippen LogP contribution in [-0.2, 0) is 25.0 Å². The second kappa shape index (κ2) is 6.13. The lowest BCUT2D eigenvalue weighted by Crippen LogP contribution is -1.99. The lowest BCUT2D eigenvalue weighted by Gasteiger charge is -2.09. The highest BCUT2D eigenvalue weighted by molar-refractivity contribution is 7.98. The number of pyridine rings is 1. The quantitative estimate of drug-likeness (QED) is 0.643. The highest BCUT2D eigenvalue weighted by atomic mass is 32.2. The van der Waals surface area contributed by atoms with Crippen LogP contribution in [0.4, 0.5) is 0 Å². The molecule has 1 aromatic heterocycles. The van der Waals surface area contributed by atoms with Gasteiger partial charge in [-0.2, -0.15) is 11.8 Å². The molecule has 1 heterocycles. The van der Waals surface area contributed by atoms with E-state index in [0.29, 0.717) is 0 Å². The summed E-state index contributed by atoms with van der Waals surface area (Å²) in [6.45, 7) is 0. The van der Waals surface area contributed by atoms with Gasteiger partial charge in [-0.05, 0) is 58.0 Å². The van der Waals surface area contributed by atoms with E-state index in [1.807, 2.05) is 24.2 Å². The van der Waals surface area contributed by atoms with Crippen molar-refractivity contribution in [1.82, 2.24) is 0 Å². The van der Waals surface area contributed by atoms with Crippen LogP contribution in [0, 0.1) is 0 Å². The van der Waals surface area contributed by atoms with E-state index >= 15 is 0 Å². The van der Waals surface area contributed by atoms with Crippen molar-refractivity contribution >= 4 is 22.5 Å². The molecule has 0 amide bonds. The van der Waals surface area contributed by atoms with Gasteiger partial charge in [0.15, 0.2) is 12.4 Å². The molecule has 1 aliphatic rings. The van der Waals surface area contributed by atoms with E-state index in [1.54, 1.807) is 16.5 Å². The Labute approximate surface area is 135 Å². The molecule has 0 radical (unpaired) electrons. The van der Waals surface area contributed by atoms with E-state index in [-0.39, 0.29) is 0 Å². The van der Waals surface area contributed by atoms with Crippen molar-refractivity contribution in [2.24, 2.45) is 0 Å². The molecule has 0 saturated heterocycles. The van der Waals surface area contributed by atoms with Gasteiger partial charge in [0.2, 0.25) is 0 Å². The van der Waals surface area contributed by atoms with Crippen LogP contribution < -0.4 is 4.98 Å². The van der Waals surface area contributed by atoms with Gasteiger partial charge in [-0.3, -0.25) is 0 Å². The average Bonchev–Trinajstić information content (AvgIpc) is 2.99. The van der Waals surface area contributed by atoms with Crippen LogP contribution in [0.3, 0.4) is 0 Å². The standard InChI is InChI=1S/C20H19NS/c1-2-16-4-5-17-6-7-18(19(3-1)20(16)17)14-22-13-10-15-8-11-21-12-9-15/h1-3,6-9,11-12H,4-5,10,13-14H2/p+1. The van der Waals surface area contributed by atoms with Gasteiger partial charge in [-0.15, -0.1) is 0 Å². The second-order valence-electron chi connectivity index (χ2n) is 5.93. The Morgan fingerprint density at radius 3 is 2.59 bits per heavy atom. The number of nitrogens with one attached hydrogen (secondary N) is 1. The first-order valence-corrected chi connectivity index (χ1v) is 9.12. The largest absolute Gasteiger partial charge is 0.218 e. The van der Waals surface area contributed by atoms with Crippen molar-refractivity contribution in [3.63, 3.8) is 0 Å². The number of aryl methyl sites for hydroxylation is 3. The molecular weight excluding hydrogens is 286 g/mol. The summed E-state index contributed by atoms with van der Waals surface area (Å²) < 4.78 is 0. The molecular formula is C20H20NS+. The molecule has 4 rings (SSSR count). The van der Waals surface area contributed by atoms with E-state index in [2.05, 4.69) is 47.4 Å². The lowest BCUT2D eigenvalue weighted by atomic mass is 10.0. The molecule has 1 N–H and O–H groups in total. The van der Waals surface area contributed by atoms with E-state index in [0.717, 1.165) is 12.2 Å². The fraction of sp³-hybridized carbons (Fsp3) is 0.250. The summed E-state index contributed by atoms with van der Waals surface area (Å²) in [6, 6.07) is 15.8. The SMILES string of the molecule is c1cc2c3c(ccc(CSCCc4cc[nH+]cc4)c3c1)CC2. The molecule has 0 bridgehead atoms. The zero-order valence-electron chi connectivity index (χ0n) is 12.6. The molecule has 2 aromatic carbocycles. The lowest BCUT2D eigenvalue weighted by molar-refractivity contribution is -0.378. The Balaban J connectivity index is 1.47. The molecule has 0 saturated carbocycles. The number of aromatic nitrogens is 1. The first-order valence-electron chi connectivity index (χ1n) is 7.97. The van der Waals surface area contributed by atoms with Crippen LogP contribution in [0.15, 0.2) is 54.9 Å². The second-order valence-corrected chi connectivity index (χ2v) is 7.04. The van der Waals surface area contributed by atoms with Gasteiger partial charge >= 0.3 is 0 Å². The number of thioether (sulfide) groups is 1. The van der Waals surface area contributed by atoms with Crippen LogP contribution in [-0.4, -0.2) is 5.75 Å². The minimum absolute atomic E-state index is 1.11. The van der Waals surface area contributed by atoms with Gasteiger partial charge in [0.25, 0.3) is 0 Å². The van der Waals surface area contributed by atoms with Crippen molar-refractivity contribution in [1.29, 1.82) is 0 Å². The van der Waals surface area contributed by atoms with Crippen LogP contribution in [0.1, 0.15) is 22.3 Å². The number of rotatable bonds is 5. The van der Waals surface area contributed by atoms with E-state index in [4.69, 9.17) is 0 Å². The third-order valence-corrected chi connectivity index (χ3v) is 5.56. The van der Waals surface area contributed by atoms with E-state index < -0.39 is 0 Å². The van der Waals surface area contributed by atoms with E-state index in [9.17, 15) is 0 Å². The predicted molar refractivity (Wildman–Crippen MR) is 94.2 cm³/mol. The smallest absolute Gasteiger partial charge is 0.167 e. The number of hydrogen-bond donors (Lipinski definition) is 0. The number of benzene rings is 2. The Kier molecular flexibility index (Phi) is 3.86. The van der Waals surface area contributed by atoms with E-state index in [1.165, 1.54) is 35.1 Å². The third-order valence-electron chi connectivity index (χ3n) is 4.55. The first-order chi connectivity index (χ1) is 10.9. The maximum atomic E-state index is 3.08. The maximum Gasteiger partial charge on any atom is 0.167 e. The van der Waals surface area contributed by atoms with Gasteiger partial charge in [0.05, 0.1) is 0 Å². The molecule has 3 aromatic rings.